The highest BCUT2D eigenvalue weighted by Gasteiger charge is 2.05. The van der Waals surface area contributed by atoms with Crippen molar-refractivity contribution in [2.45, 2.75) is 19.3 Å². The third-order valence-corrected chi connectivity index (χ3v) is 4.39. The van der Waals surface area contributed by atoms with Crippen LogP contribution < -0.4 is 0 Å². The molecule has 0 unspecified atom stereocenters. The molecule has 2 aromatic heterocycles. The van der Waals surface area contributed by atoms with Crippen LogP contribution >= 0.6 is 11.3 Å². The molecule has 4 heteroatoms. The monoisotopic (exact) mass is 298 g/mol. The Labute approximate surface area is 127 Å². The van der Waals surface area contributed by atoms with Gasteiger partial charge >= 0.3 is 0 Å². The molecule has 0 amide bonds. The molecular weight excluding hydrogens is 283 g/mol. The molecular formula is C17H15FN2S. The second-order valence-corrected chi connectivity index (χ2v) is 5.95. The SMILES string of the molecule is Fc1ccc(-c2cnc(CCCc3ccncc3)s2)cc1. The highest BCUT2D eigenvalue weighted by Crippen LogP contribution is 2.27. The molecule has 0 aliphatic heterocycles. The van der Waals surface area contributed by atoms with Gasteiger partial charge in [-0.05, 0) is 54.7 Å². The number of aromatic nitrogens is 2. The summed E-state index contributed by atoms with van der Waals surface area (Å²) in [6.45, 7) is 0. The van der Waals surface area contributed by atoms with E-state index in [9.17, 15) is 4.39 Å². The summed E-state index contributed by atoms with van der Waals surface area (Å²) in [4.78, 5) is 9.57. The van der Waals surface area contributed by atoms with Crippen LogP contribution in [0.3, 0.4) is 0 Å². The maximum absolute atomic E-state index is 12.9. The molecule has 0 atom stereocenters. The summed E-state index contributed by atoms with van der Waals surface area (Å²) in [5.41, 5.74) is 2.33. The van der Waals surface area contributed by atoms with Crippen LogP contribution in [-0.4, -0.2) is 9.97 Å². The quantitative estimate of drug-likeness (QED) is 0.692. The Hall–Kier alpha value is -2.07. The maximum Gasteiger partial charge on any atom is 0.123 e. The molecule has 0 N–H and O–H groups in total. The molecule has 106 valence electrons. The Morgan fingerprint density at radius 3 is 2.48 bits per heavy atom. The first-order chi connectivity index (χ1) is 10.3. The lowest BCUT2D eigenvalue weighted by Gasteiger charge is -1.99. The molecule has 0 bridgehead atoms. The third-order valence-electron chi connectivity index (χ3n) is 3.29. The molecule has 3 aromatic rings. The van der Waals surface area contributed by atoms with Crippen molar-refractivity contribution in [1.29, 1.82) is 0 Å². The van der Waals surface area contributed by atoms with Crippen molar-refractivity contribution in [1.82, 2.24) is 9.97 Å². The van der Waals surface area contributed by atoms with Crippen LogP contribution in [0.5, 0.6) is 0 Å². The van der Waals surface area contributed by atoms with Crippen molar-refractivity contribution < 1.29 is 4.39 Å². The summed E-state index contributed by atoms with van der Waals surface area (Å²) >= 11 is 1.68. The molecule has 3 rings (SSSR count). The van der Waals surface area contributed by atoms with Gasteiger partial charge < -0.3 is 0 Å². The normalized spacial score (nSPS) is 10.7. The molecule has 0 fully saturated rings. The maximum atomic E-state index is 12.9. The van der Waals surface area contributed by atoms with Gasteiger partial charge in [-0.3, -0.25) is 4.98 Å². The van der Waals surface area contributed by atoms with E-state index in [1.807, 2.05) is 30.7 Å². The van der Waals surface area contributed by atoms with Crippen molar-refractivity contribution in [2.24, 2.45) is 0 Å². The molecule has 0 aliphatic rings. The van der Waals surface area contributed by atoms with Gasteiger partial charge in [-0.2, -0.15) is 0 Å². The summed E-state index contributed by atoms with van der Waals surface area (Å²) in [5.74, 6) is -0.208. The number of pyridine rings is 1. The highest BCUT2D eigenvalue weighted by molar-refractivity contribution is 7.15. The van der Waals surface area contributed by atoms with E-state index in [1.165, 1.54) is 17.7 Å². The summed E-state index contributed by atoms with van der Waals surface area (Å²) in [6.07, 6.45) is 8.60. The van der Waals surface area contributed by atoms with E-state index < -0.39 is 0 Å². The number of nitrogens with zero attached hydrogens (tertiary/aromatic N) is 2. The van der Waals surface area contributed by atoms with E-state index in [2.05, 4.69) is 9.97 Å². The zero-order valence-corrected chi connectivity index (χ0v) is 12.3. The molecule has 0 spiro atoms. The number of thiazole rings is 1. The topological polar surface area (TPSA) is 25.8 Å². The predicted octanol–water partition coefficient (Wildman–Crippen LogP) is 4.52. The summed E-state index contributed by atoms with van der Waals surface area (Å²) in [7, 11) is 0. The zero-order valence-electron chi connectivity index (χ0n) is 11.5. The lowest BCUT2D eigenvalue weighted by atomic mass is 10.1. The molecule has 0 saturated heterocycles. The number of aryl methyl sites for hydroxylation is 2. The van der Waals surface area contributed by atoms with Crippen molar-refractivity contribution in [3.8, 4) is 10.4 Å². The number of benzene rings is 1. The van der Waals surface area contributed by atoms with Gasteiger partial charge in [0, 0.05) is 18.6 Å². The van der Waals surface area contributed by atoms with Gasteiger partial charge in [0.1, 0.15) is 5.82 Å². The molecule has 0 aliphatic carbocycles. The summed E-state index contributed by atoms with van der Waals surface area (Å²) in [5, 5.41) is 1.13. The van der Waals surface area contributed by atoms with Crippen LogP contribution in [0, 0.1) is 5.82 Å². The highest BCUT2D eigenvalue weighted by atomic mass is 32.1. The van der Waals surface area contributed by atoms with Gasteiger partial charge in [-0.1, -0.05) is 12.1 Å². The van der Waals surface area contributed by atoms with Crippen molar-refractivity contribution in [3.63, 3.8) is 0 Å². The van der Waals surface area contributed by atoms with Crippen LogP contribution in [0.4, 0.5) is 4.39 Å². The van der Waals surface area contributed by atoms with Gasteiger partial charge in [-0.15, -0.1) is 11.3 Å². The standard InChI is InChI=1S/C17H15FN2S/c18-15-6-4-14(5-7-15)16-12-20-17(21-16)3-1-2-13-8-10-19-11-9-13/h4-12H,1-3H2. The number of hydrogen-bond donors (Lipinski definition) is 0. The van der Waals surface area contributed by atoms with Crippen molar-refractivity contribution in [2.75, 3.05) is 0 Å². The van der Waals surface area contributed by atoms with Gasteiger partial charge in [0.15, 0.2) is 0 Å². The van der Waals surface area contributed by atoms with Crippen LogP contribution in [0.15, 0.2) is 55.0 Å². The van der Waals surface area contributed by atoms with E-state index in [0.717, 1.165) is 34.7 Å². The van der Waals surface area contributed by atoms with Crippen LogP contribution in [0.1, 0.15) is 17.0 Å². The fraction of sp³-hybridized carbons (Fsp3) is 0.176. The fourth-order valence-corrected chi connectivity index (χ4v) is 3.13. The molecule has 2 nitrogen and oxygen atoms in total. The zero-order chi connectivity index (χ0) is 14.5. The van der Waals surface area contributed by atoms with Gasteiger partial charge in [0.25, 0.3) is 0 Å². The average molecular weight is 298 g/mol. The lowest BCUT2D eigenvalue weighted by molar-refractivity contribution is 0.628. The first-order valence-electron chi connectivity index (χ1n) is 6.91. The number of rotatable bonds is 5. The Kier molecular flexibility index (Phi) is 4.36. The Balaban J connectivity index is 1.59. The van der Waals surface area contributed by atoms with Crippen molar-refractivity contribution >= 4 is 11.3 Å². The largest absolute Gasteiger partial charge is 0.265 e. The minimum Gasteiger partial charge on any atom is -0.265 e. The minimum absolute atomic E-state index is 0.208. The molecule has 0 radical (unpaired) electrons. The number of hydrogen-bond acceptors (Lipinski definition) is 3. The van der Waals surface area contributed by atoms with Gasteiger partial charge in [-0.25, -0.2) is 9.37 Å². The van der Waals surface area contributed by atoms with E-state index in [-0.39, 0.29) is 5.82 Å². The second kappa shape index (κ2) is 6.59. The van der Waals surface area contributed by atoms with Crippen LogP contribution in [-0.2, 0) is 12.8 Å². The lowest BCUT2D eigenvalue weighted by Crippen LogP contribution is -1.89. The molecule has 1 aromatic carbocycles. The number of halogens is 1. The van der Waals surface area contributed by atoms with Crippen molar-refractivity contribution in [3.05, 3.63) is 71.4 Å². The van der Waals surface area contributed by atoms with Gasteiger partial charge in [0.2, 0.25) is 0 Å². The summed E-state index contributed by atoms with van der Waals surface area (Å²) < 4.78 is 12.9. The van der Waals surface area contributed by atoms with E-state index in [1.54, 1.807) is 23.5 Å². The average Bonchev–Trinajstić information content (AvgIpc) is 2.98. The Morgan fingerprint density at radius 2 is 1.71 bits per heavy atom. The van der Waals surface area contributed by atoms with E-state index >= 15 is 0 Å². The van der Waals surface area contributed by atoms with Crippen LogP contribution in [0.25, 0.3) is 10.4 Å². The van der Waals surface area contributed by atoms with E-state index in [0.29, 0.717) is 0 Å². The molecule has 2 heterocycles. The minimum atomic E-state index is -0.208. The molecule has 21 heavy (non-hydrogen) atoms. The summed E-state index contributed by atoms with van der Waals surface area (Å²) in [6, 6.07) is 10.7. The predicted molar refractivity (Wildman–Crippen MR) is 83.8 cm³/mol. The third kappa shape index (κ3) is 3.73. The Morgan fingerprint density at radius 1 is 0.952 bits per heavy atom. The molecule has 0 saturated carbocycles. The van der Waals surface area contributed by atoms with E-state index in [4.69, 9.17) is 0 Å². The smallest absolute Gasteiger partial charge is 0.123 e. The Bertz CT molecular complexity index is 692. The van der Waals surface area contributed by atoms with Gasteiger partial charge in [0.05, 0.1) is 9.88 Å². The van der Waals surface area contributed by atoms with Crippen LogP contribution in [0.2, 0.25) is 0 Å². The second-order valence-electron chi connectivity index (χ2n) is 4.83. The fourth-order valence-electron chi connectivity index (χ4n) is 2.17. The first kappa shape index (κ1) is 13.9. The first-order valence-corrected chi connectivity index (χ1v) is 7.72.